The lowest BCUT2D eigenvalue weighted by Gasteiger charge is -2.37. The highest BCUT2D eigenvalue weighted by Gasteiger charge is 2.38. The van der Waals surface area contributed by atoms with Crippen molar-refractivity contribution in [2.24, 2.45) is 5.73 Å². The fraction of sp³-hybridized carbons (Fsp3) is 0.692. The van der Waals surface area contributed by atoms with Gasteiger partial charge in [0, 0.05) is 29.5 Å². The maximum absolute atomic E-state index is 6.08. The third-order valence-corrected chi connectivity index (χ3v) is 5.05. The van der Waals surface area contributed by atoms with E-state index in [0.29, 0.717) is 6.04 Å². The Kier molecular flexibility index (Phi) is 3.01. The topological polar surface area (TPSA) is 29.3 Å². The smallest absolute Gasteiger partial charge is 0.0114 e. The van der Waals surface area contributed by atoms with Gasteiger partial charge < -0.3 is 5.73 Å². The van der Waals surface area contributed by atoms with Crippen LogP contribution in [0.15, 0.2) is 17.5 Å². The third kappa shape index (κ3) is 2.04. The van der Waals surface area contributed by atoms with Crippen molar-refractivity contribution in [1.29, 1.82) is 0 Å². The number of nitrogens with zero attached hydrogens (tertiary/aromatic N) is 1. The molecule has 2 N–H and O–H groups in total. The van der Waals surface area contributed by atoms with Gasteiger partial charge in [0.05, 0.1) is 0 Å². The number of fused-ring (bicyclic) bond motifs is 2. The molecule has 3 rings (SSSR count). The van der Waals surface area contributed by atoms with Gasteiger partial charge in [-0.05, 0) is 43.6 Å². The number of piperidine rings is 1. The van der Waals surface area contributed by atoms with E-state index in [0.717, 1.165) is 12.1 Å². The summed E-state index contributed by atoms with van der Waals surface area (Å²) in [6.45, 7) is 1.24. The molecular weight excluding hydrogens is 216 g/mol. The van der Waals surface area contributed by atoms with E-state index in [2.05, 4.69) is 22.4 Å². The van der Waals surface area contributed by atoms with Crippen molar-refractivity contribution in [3.63, 3.8) is 0 Å². The molecule has 16 heavy (non-hydrogen) atoms. The molecule has 2 bridgehead atoms. The van der Waals surface area contributed by atoms with Gasteiger partial charge in [-0.15, -0.1) is 11.3 Å². The Labute approximate surface area is 101 Å². The molecule has 2 atom stereocenters. The fourth-order valence-corrected chi connectivity index (χ4v) is 4.07. The zero-order valence-corrected chi connectivity index (χ0v) is 10.5. The van der Waals surface area contributed by atoms with Crippen LogP contribution in [0.1, 0.15) is 30.6 Å². The Hall–Kier alpha value is -0.380. The Morgan fingerprint density at radius 1 is 1.31 bits per heavy atom. The summed E-state index contributed by atoms with van der Waals surface area (Å²) in [5.74, 6) is 0. The van der Waals surface area contributed by atoms with Crippen LogP contribution in [0.5, 0.6) is 0 Å². The van der Waals surface area contributed by atoms with E-state index in [1.54, 1.807) is 0 Å². The zero-order chi connectivity index (χ0) is 11.0. The average Bonchev–Trinajstić information content (AvgIpc) is 2.83. The first kappa shape index (κ1) is 10.8. The summed E-state index contributed by atoms with van der Waals surface area (Å²) in [5, 5.41) is 2.18. The van der Waals surface area contributed by atoms with Crippen LogP contribution in [0.4, 0.5) is 0 Å². The summed E-state index contributed by atoms with van der Waals surface area (Å²) in [6, 6.07) is 6.45. The van der Waals surface area contributed by atoms with Gasteiger partial charge >= 0.3 is 0 Å². The first-order chi connectivity index (χ1) is 7.83. The van der Waals surface area contributed by atoms with Gasteiger partial charge in [-0.1, -0.05) is 6.07 Å². The molecule has 88 valence electrons. The Morgan fingerprint density at radius 2 is 2.06 bits per heavy atom. The molecule has 3 heteroatoms. The van der Waals surface area contributed by atoms with Crippen molar-refractivity contribution in [1.82, 2.24) is 4.90 Å². The highest BCUT2D eigenvalue weighted by Crippen LogP contribution is 2.35. The molecule has 0 spiro atoms. The van der Waals surface area contributed by atoms with E-state index in [4.69, 9.17) is 5.73 Å². The van der Waals surface area contributed by atoms with E-state index in [1.165, 1.54) is 43.5 Å². The Balaban J connectivity index is 1.59. The zero-order valence-electron chi connectivity index (χ0n) is 9.64. The number of thiophene rings is 1. The molecule has 0 aliphatic carbocycles. The van der Waals surface area contributed by atoms with Gasteiger partial charge in [-0.3, -0.25) is 4.90 Å². The maximum atomic E-state index is 6.08. The SMILES string of the molecule is NC1CC2CCC(C1)N2CCc1cccs1. The highest BCUT2D eigenvalue weighted by atomic mass is 32.1. The molecule has 2 fully saturated rings. The number of nitrogens with two attached hydrogens (primary N) is 1. The van der Waals surface area contributed by atoms with E-state index in [9.17, 15) is 0 Å². The van der Waals surface area contributed by atoms with Crippen molar-refractivity contribution in [3.05, 3.63) is 22.4 Å². The molecule has 0 saturated carbocycles. The van der Waals surface area contributed by atoms with Crippen molar-refractivity contribution in [2.45, 2.75) is 50.2 Å². The van der Waals surface area contributed by atoms with Crippen LogP contribution in [0, 0.1) is 0 Å². The number of rotatable bonds is 3. The van der Waals surface area contributed by atoms with Gasteiger partial charge in [-0.25, -0.2) is 0 Å². The minimum absolute atomic E-state index is 0.468. The van der Waals surface area contributed by atoms with Gasteiger partial charge in [0.1, 0.15) is 0 Å². The molecule has 0 aromatic carbocycles. The molecule has 2 aliphatic rings. The van der Waals surface area contributed by atoms with Crippen LogP contribution >= 0.6 is 11.3 Å². The summed E-state index contributed by atoms with van der Waals surface area (Å²) in [4.78, 5) is 4.25. The molecular formula is C13H20N2S. The van der Waals surface area contributed by atoms with E-state index in [1.807, 2.05) is 11.3 Å². The molecule has 3 heterocycles. The second-order valence-electron chi connectivity index (χ2n) is 5.18. The second-order valence-corrected chi connectivity index (χ2v) is 6.22. The summed E-state index contributed by atoms with van der Waals surface area (Å²) < 4.78 is 0. The molecule has 0 radical (unpaired) electrons. The maximum Gasteiger partial charge on any atom is 0.0114 e. The van der Waals surface area contributed by atoms with Crippen molar-refractivity contribution in [3.8, 4) is 0 Å². The van der Waals surface area contributed by atoms with Crippen molar-refractivity contribution >= 4 is 11.3 Å². The lowest BCUT2D eigenvalue weighted by atomic mass is 9.98. The summed E-state index contributed by atoms with van der Waals surface area (Å²) in [6.07, 6.45) is 6.42. The van der Waals surface area contributed by atoms with Crippen LogP contribution in [0.3, 0.4) is 0 Å². The van der Waals surface area contributed by atoms with E-state index < -0.39 is 0 Å². The van der Waals surface area contributed by atoms with E-state index in [-0.39, 0.29) is 0 Å². The average molecular weight is 236 g/mol. The van der Waals surface area contributed by atoms with Crippen LogP contribution in [-0.4, -0.2) is 29.6 Å². The quantitative estimate of drug-likeness (QED) is 0.872. The van der Waals surface area contributed by atoms with Crippen LogP contribution in [0.25, 0.3) is 0 Å². The normalized spacial score (nSPS) is 34.4. The summed E-state index contributed by atoms with van der Waals surface area (Å²) in [7, 11) is 0. The van der Waals surface area contributed by atoms with E-state index >= 15 is 0 Å². The molecule has 2 unspecified atom stereocenters. The predicted molar refractivity (Wildman–Crippen MR) is 68.7 cm³/mol. The monoisotopic (exact) mass is 236 g/mol. The molecule has 2 saturated heterocycles. The fourth-order valence-electron chi connectivity index (χ4n) is 3.38. The largest absolute Gasteiger partial charge is 0.328 e. The molecule has 2 nitrogen and oxygen atoms in total. The standard InChI is InChI=1S/C13H20N2S/c14-10-8-11-3-4-12(9-10)15(11)6-5-13-2-1-7-16-13/h1-2,7,10-12H,3-6,8-9,14H2. The summed E-state index contributed by atoms with van der Waals surface area (Å²) in [5.41, 5.74) is 6.08. The minimum Gasteiger partial charge on any atom is -0.328 e. The van der Waals surface area contributed by atoms with Crippen LogP contribution < -0.4 is 5.73 Å². The van der Waals surface area contributed by atoms with Crippen LogP contribution in [-0.2, 0) is 6.42 Å². The van der Waals surface area contributed by atoms with Crippen molar-refractivity contribution < 1.29 is 0 Å². The van der Waals surface area contributed by atoms with Gasteiger partial charge in [0.25, 0.3) is 0 Å². The lowest BCUT2D eigenvalue weighted by Crippen LogP contribution is -2.47. The number of hydrogen-bond donors (Lipinski definition) is 1. The Bertz CT molecular complexity index is 322. The van der Waals surface area contributed by atoms with Gasteiger partial charge in [-0.2, -0.15) is 0 Å². The third-order valence-electron chi connectivity index (χ3n) is 4.12. The summed E-state index contributed by atoms with van der Waals surface area (Å²) >= 11 is 1.88. The van der Waals surface area contributed by atoms with Crippen LogP contribution in [0.2, 0.25) is 0 Å². The molecule has 1 aromatic rings. The minimum atomic E-state index is 0.468. The predicted octanol–water partition coefficient (Wildman–Crippen LogP) is 2.24. The Morgan fingerprint density at radius 3 is 2.69 bits per heavy atom. The lowest BCUT2D eigenvalue weighted by molar-refractivity contribution is 0.130. The van der Waals surface area contributed by atoms with Crippen molar-refractivity contribution in [2.75, 3.05) is 6.54 Å². The number of hydrogen-bond acceptors (Lipinski definition) is 3. The highest BCUT2D eigenvalue weighted by molar-refractivity contribution is 7.09. The second kappa shape index (κ2) is 4.47. The molecule has 0 amide bonds. The molecule has 2 aliphatic heterocycles. The first-order valence-corrected chi connectivity index (χ1v) is 7.24. The van der Waals surface area contributed by atoms with Gasteiger partial charge in [0.15, 0.2) is 0 Å². The molecule has 1 aromatic heterocycles. The first-order valence-electron chi connectivity index (χ1n) is 6.36. The van der Waals surface area contributed by atoms with Gasteiger partial charge in [0.2, 0.25) is 0 Å².